The van der Waals surface area contributed by atoms with Crippen LogP contribution in [0.15, 0.2) is 72.9 Å². The van der Waals surface area contributed by atoms with E-state index < -0.39 is 12.1 Å². The average molecular weight is 344 g/mol. The van der Waals surface area contributed by atoms with Crippen molar-refractivity contribution >= 4 is 5.97 Å². The molecule has 0 aromatic rings. The van der Waals surface area contributed by atoms with Gasteiger partial charge in [0.25, 0.3) is 0 Å². The Hall–Kier alpha value is -2.13. The van der Waals surface area contributed by atoms with E-state index in [9.17, 15) is 9.90 Å². The van der Waals surface area contributed by atoms with E-state index in [4.69, 9.17) is 5.11 Å². The fourth-order valence-electron chi connectivity index (χ4n) is 1.87. The molecule has 25 heavy (non-hydrogen) atoms. The predicted molar refractivity (Wildman–Crippen MR) is 106 cm³/mol. The molecule has 3 nitrogen and oxygen atoms in total. The van der Waals surface area contributed by atoms with E-state index in [1.807, 2.05) is 36.5 Å². The molecule has 0 amide bonds. The van der Waals surface area contributed by atoms with Crippen molar-refractivity contribution in [2.75, 3.05) is 0 Å². The fourth-order valence-corrected chi connectivity index (χ4v) is 1.87. The second kappa shape index (κ2) is 18.2. The van der Waals surface area contributed by atoms with Gasteiger partial charge in [-0.25, -0.2) is 0 Å². The van der Waals surface area contributed by atoms with E-state index in [-0.39, 0.29) is 6.42 Å². The second-order valence-electron chi connectivity index (χ2n) is 5.55. The van der Waals surface area contributed by atoms with Crippen LogP contribution >= 0.6 is 0 Å². The summed E-state index contributed by atoms with van der Waals surface area (Å²) in [6, 6.07) is 0. The molecule has 0 aliphatic carbocycles. The Morgan fingerprint density at radius 1 is 0.840 bits per heavy atom. The summed E-state index contributed by atoms with van der Waals surface area (Å²) in [7, 11) is 0. The van der Waals surface area contributed by atoms with Crippen molar-refractivity contribution in [1.29, 1.82) is 0 Å². The molecule has 138 valence electrons. The van der Waals surface area contributed by atoms with E-state index in [1.165, 1.54) is 0 Å². The maximum Gasteiger partial charge on any atom is 0.303 e. The molecule has 0 spiro atoms. The van der Waals surface area contributed by atoms with Crippen molar-refractivity contribution in [2.24, 2.45) is 0 Å². The van der Waals surface area contributed by atoms with Crippen LogP contribution in [-0.2, 0) is 4.79 Å². The van der Waals surface area contributed by atoms with E-state index >= 15 is 0 Å². The number of allylic oxidation sites excluding steroid dienone is 10. The number of hydrogen-bond acceptors (Lipinski definition) is 2. The third-order valence-corrected chi connectivity index (χ3v) is 3.20. The molecule has 0 radical (unpaired) electrons. The van der Waals surface area contributed by atoms with Gasteiger partial charge in [-0.15, -0.1) is 0 Å². The largest absolute Gasteiger partial charge is 0.481 e. The Morgan fingerprint density at radius 3 is 2.12 bits per heavy atom. The van der Waals surface area contributed by atoms with Crippen molar-refractivity contribution in [1.82, 2.24) is 0 Å². The third-order valence-electron chi connectivity index (χ3n) is 3.20. The lowest BCUT2D eigenvalue weighted by Crippen LogP contribution is -1.98. The van der Waals surface area contributed by atoms with Crippen LogP contribution < -0.4 is 0 Å². The van der Waals surface area contributed by atoms with Gasteiger partial charge in [0.15, 0.2) is 0 Å². The zero-order valence-corrected chi connectivity index (χ0v) is 15.3. The summed E-state index contributed by atoms with van der Waals surface area (Å²) in [6.45, 7) is 2.11. The zero-order valence-electron chi connectivity index (χ0n) is 15.3. The molecule has 0 aromatic heterocycles. The maximum absolute atomic E-state index is 10.3. The molecule has 3 heteroatoms. The molecule has 0 aliphatic heterocycles. The van der Waals surface area contributed by atoms with Crippen LogP contribution in [-0.4, -0.2) is 22.3 Å². The van der Waals surface area contributed by atoms with E-state index in [1.54, 1.807) is 6.08 Å². The summed E-state index contributed by atoms with van der Waals surface area (Å²) in [5, 5.41) is 18.3. The molecule has 2 N–H and O–H groups in total. The van der Waals surface area contributed by atoms with Gasteiger partial charge in [0, 0.05) is 6.42 Å². The monoisotopic (exact) mass is 344 g/mol. The topological polar surface area (TPSA) is 57.5 Å². The molecular weight excluding hydrogens is 312 g/mol. The summed E-state index contributed by atoms with van der Waals surface area (Å²) in [6.07, 6.45) is 28.5. The molecule has 1 atom stereocenters. The zero-order chi connectivity index (χ0) is 18.6. The van der Waals surface area contributed by atoms with Crippen LogP contribution in [0.3, 0.4) is 0 Å². The average Bonchev–Trinajstić information content (AvgIpc) is 2.58. The lowest BCUT2D eigenvalue weighted by Gasteiger charge is -1.98. The molecule has 0 fully saturated rings. The highest BCUT2D eigenvalue weighted by Crippen LogP contribution is 1.99. The Labute approximate surface area is 152 Å². The molecule has 0 bridgehead atoms. The number of hydrogen-bond donors (Lipinski definition) is 2. The highest BCUT2D eigenvalue weighted by molar-refractivity contribution is 5.66. The lowest BCUT2D eigenvalue weighted by molar-refractivity contribution is -0.136. The van der Waals surface area contributed by atoms with Gasteiger partial charge < -0.3 is 10.2 Å². The molecule has 0 heterocycles. The predicted octanol–water partition coefficient (Wildman–Crippen LogP) is 5.52. The number of carboxylic acid groups (broad SMARTS) is 1. The molecule has 0 saturated carbocycles. The van der Waals surface area contributed by atoms with E-state index in [0.717, 1.165) is 25.7 Å². The summed E-state index contributed by atoms with van der Waals surface area (Å²) in [4.78, 5) is 10.3. The van der Waals surface area contributed by atoms with Crippen molar-refractivity contribution in [2.45, 2.75) is 58.0 Å². The first kappa shape index (κ1) is 22.9. The van der Waals surface area contributed by atoms with Gasteiger partial charge in [-0.1, -0.05) is 79.8 Å². The minimum Gasteiger partial charge on any atom is -0.481 e. The van der Waals surface area contributed by atoms with Gasteiger partial charge >= 0.3 is 5.97 Å². The number of aliphatic hydroxyl groups excluding tert-OH is 1. The number of carboxylic acids is 1. The van der Waals surface area contributed by atoms with Crippen molar-refractivity contribution in [3.05, 3.63) is 72.9 Å². The lowest BCUT2D eigenvalue weighted by atomic mass is 10.2. The molecule has 0 rings (SSSR count). The van der Waals surface area contributed by atoms with Crippen LogP contribution in [0.4, 0.5) is 0 Å². The normalized spacial score (nSPS) is 14.3. The quantitative estimate of drug-likeness (QED) is 0.322. The van der Waals surface area contributed by atoms with Gasteiger partial charge in [-0.3, -0.25) is 4.79 Å². The minimum atomic E-state index is -0.762. The molecule has 1 unspecified atom stereocenters. The Morgan fingerprint density at radius 2 is 1.44 bits per heavy atom. The van der Waals surface area contributed by atoms with Gasteiger partial charge in [0.2, 0.25) is 0 Å². The SMILES string of the molecule is CC/C=C/C/C=C/C=C/C(O)C/C=C/C/C=C/C/C=C/CCC(=O)O. The molecule has 0 aromatic carbocycles. The van der Waals surface area contributed by atoms with Gasteiger partial charge in [0.1, 0.15) is 0 Å². The smallest absolute Gasteiger partial charge is 0.303 e. The number of aliphatic carboxylic acids is 1. The first-order valence-electron chi connectivity index (χ1n) is 9.00. The number of aliphatic hydroxyl groups is 1. The Kier molecular flexibility index (Phi) is 16.7. The highest BCUT2D eigenvalue weighted by atomic mass is 16.4. The van der Waals surface area contributed by atoms with Crippen LogP contribution in [0.5, 0.6) is 0 Å². The summed E-state index contributed by atoms with van der Waals surface area (Å²) >= 11 is 0. The van der Waals surface area contributed by atoms with Crippen LogP contribution in [0, 0.1) is 0 Å². The Bertz CT molecular complexity index is 493. The minimum absolute atomic E-state index is 0.186. The number of carbonyl (C=O) groups is 1. The van der Waals surface area contributed by atoms with Crippen LogP contribution in [0.25, 0.3) is 0 Å². The highest BCUT2D eigenvalue weighted by Gasteiger charge is 1.92. The first-order valence-corrected chi connectivity index (χ1v) is 9.00. The van der Waals surface area contributed by atoms with Gasteiger partial charge in [-0.2, -0.15) is 0 Å². The summed E-state index contributed by atoms with van der Waals surface area (Å²) < 4.78 is 0. The van der Waals surface area contributed by atoms with Gasteiger partial charge in [0.05, 0.1) is 6.10 Å². The third kappa shape index (κ3) is 19.8. The standard InChI is InChI=1S/C22H32O3/c1-2-3-4-5-9-12-15-18-21(23)19-16-13-10-7-6-8-11-14-17-20-22(24)25/h3-4,6-7,9,11-16,18,21,23H,2,5,8,10,17,19-20H2,1H3,(H,24,25)/b4-3+,7-6+,12-9+,14-11+,16-13+,18-15+. The van der Waals surface area contributed by atoms with Crippen molar-refractivity contribution in [3.8, 4) is 0 Å². The van der Waals surface area contributed by atoms with E-state index in [2.05, 4.69) is 37.3 Å². The molecule has 0 saturated heterocycles. The second-order valence-corrected chi connectivity index (χ2v) is 5.55. The van der Waals surface area contributed by atoms with Crippen molar-refractivity contribution in [3.63, 3.8) is 0 Å². The molecule has 0 aliphatic rings. The number of rotatable bonds is 14. The Balaban J connectivity index is 3.70. The summed E-state index contributed by atoms with van der Waals surface area (Å²) in [5.41, 5.74) is 0. The molecular formula is C22H32O3. The van der Waals surface area contributed by atoms with E-state index in [0.29, 0.717) is 12.8 Å². The van der Waals surface area contributed by atoms with Gasteiger partial charge in [-0.05, 0) is 38.5 Å². The van der Waals surface area contributed by atoms with Crippen LogP contribution in [0.2, 0.25) is 0 Å². The maximum atomic E-state index is 10.3. The summed E-state index contributed by atoms with van der Waals surface area (Å²) in [5.74, 6) is -0.762. The van der Waals surface area contributed by atoms with Crippen molar-refractivity contribution < 1.29 is 15.0 Å². The fraction of sp³-hybridized carbons (Fsp3) is 0.409. The van der Waals surface area contributed by atoms with Crippen LogP contribution in [0.1, 0.15) is 51.9 Å². The first-order chi connectivity index (χ1) is 12.2.